The van der Waals surface area contributed by atoms with Crippen LogP contribution in [0.1, 0.15) is 40.0 Å². The van der Waals surface area contributed by atoms with Crippen LogP contribution in [-0.4, -0.2) is 33.3 Å². The number of halogens is 1. The molecule has 0 aliphatic carbocycles. The Morgan fingerprint density at radius 3 is 2.33 bits per heavy atom. The van der Waals surface area contributed by atoms with Crippen LogP contribution in [0.5, 0.6) is 0 Å². The molecule has 0 aromatic heterocycles. The number of rotatable bonds is 9. The number of hydrogen-bond acceptors (Lipinski definition) is 4. The highest BCUT2D eigenvalue weighted by atomic mass is 28.4. The molecule has 0 aromatic carbocycles. The van der Waals surface area contributed by atoms with Gasteiger partial charge in [-0.25, -0.2) is 4.39 Å². The number of nitrogens with zero attached hydrogens (tertiary/aromatic N) is 1. The van der Waals surface area contributed by atoms with Crippen LogP contribution in [0.15, 0.2) is 0 Å². The molecule has 0 aliphatic rings. The lowest BCUT2D eigenvalue weighted by molar-refractivity contribution is -0.147. The van der Waals surface area contributed by atoms with Crippen LogP contribution in [0, 0.1) is 23.2 Å². The summed E-state index contributed by atoms with van der Waals surface area (Å²) >= 11 is 0. The van der Waals surface area contributed by atoms with E-state index >= 15 is 0 Å². The predicted octanol–water partition coefficient (Wildman–Crippen LogP) is 3.61. The Labute approximate surface area is 128 Å². The Balaban J connectivity index is 4.86. The zero-order chi connectivity index (χ0) is 16.6. The number of carbonyl (C=O) groups is 1. The molecule has 0 saturated carbocycles. The minimum atomic E-state index is -2.60. The summed E-state index contributed by atoms with van der Waals surface area (Å²) in [4.78, 5) is 11.8. The molecule has 0 amide bonds. The van der Waals surface area contributed by atoms with E-state index in [9.17, 15) is 14.4 Å². The minimum absolute atomic E-state index is 0.0403. The van der Waals surface area contributed by atoms with Crippen LogP contribution in [-0.2, 0) is 14.0 Å². The highest BCUT2D eigenvalue weighted by Crippen LogP contribution is 2.25. The third-order valence-electron chi connectivity index (χ3n) is 3.66. The van der Waals surface area contributed by atoms with Gasteiger partial charge in [0.05, 0.1) is 19.1 Å². The third-order valence-corrected chi connectivity index (χ3v) is 6.35. The fourth-order valence-electron chi connectivity index (χ4n) is 2.19. The Bertz CT molecular complexity index is 368. The van der Waals surface area contributed by atoms with Crippen LogP contribution in [0.3, 0.4) is 0 Å². The van der Waals surface area contributed by atoms with Crippen molar-refractivity contribution in [3.8, 4) is 6.07 Å². The van der Waals surface area contributed by atoms with Crippen LogP contribution < -0.4 is 0 Å². The van der Waals surface area contributed by atoms with Gasteiger partial charge in [0.15, 0.2) is 0 Å². The van der Waals surface area contributed by atoms with E-state index in [0.29, 0.717) is 6.42 Å². The summed E-state index contributed by atoms with van der Waals surface area (Å²) in [6.45, 7) is 9.27. The van der Waals surface area contributed by atoms with Crippen molar-refractivity contribution < 1.29 is 18.3 Å². The number of esters is 1. The minimum Gasteiger partial charge on any atom is -0.469 e. The Morgan fingerprint density at radius 1 is 1.38 bits per heavy atom. The number of methoxy groups -OCH3 is 1. The van der Waals surface area contributed by atoms with Crippen LogP contribution in [0.2, 0.25) is 13.1 Å². The molecule has 6 heteroatoms. The molecule has 0 rings (SSSR count). The molecule has 0 heterocycles. The van der Waals surface area contributed by atoms with Gasteiger partial charge in [0.2, 0.25) is 8.32 Å². The Morgan fingerprint density at radius 2 is 1.95 bits per heavy atom. The molecule has 0 fully saturated rings. The molecular weight excluding hydrogens is 289 g/mol. The van der Waals surface area contributed by atoms with Crippen molar-refractivity contribution >= 4 is 14.3 Å². The van der Waals surface area contributed by atoms with Gasteiger partial charge in [0.1, 0.15) is 11.9 Å². The first kappa shape index (κ1) is 20.1. The van der Waals surface area contributed by atoms with Crippen molar-refractivity contribution in [3.05, 3.63) is 0 Å². The first-order valence-electron chi connectivity index (χ1n) is 7.48. The summed E-state index contributed by atoms with van der Waals surface area (Å²) < 4.78 is 24.7. The summed E-state index contributed by atoms with van der Waals surface area (Å²) in [6.07, 6.45) is 0.667. The van der Waals surface area contributed by atoms with E-state index in [0.717, 1.165) is 6.42 Å². The van der Waals surface area contributed by atoms with Crippen molar-refractivity contribution in [2.24, 2.45) is 11.8 Å². The van der Waals surface area contributed by atoms with E-state index in [1.54, 1.807) is 13.1 Å². The number of carbonyl (C=O) groups excluding carboxylic acids is 1. The van der Waals surface area contributed by atoms with E-state index in [4.69, 9.17) is 9.16 Å². The monoisotopic (exact) mass is 317 g/mol. The largest absolute Gasteiger partial charge is 0.469 e. The SMILES string of the molecule is CCCC(F)[Si](C)(C)OC(C#N)CC(C(=O)OC)C(C)C. The molecule has 122 valence electrons. The molecule has 0 bridgehead atoms. The Kier molecular flexibility index (Phi) is 8.75. The average Bonchev–Trinajstić information content (AvgIpc) is 2.42. The summed E-state index contributed by atoms with van der Waals surface area (Å²) in [5, 5.41) is 9.26. The fraction of sp³-hybridized carbons (Fsp3) is 0.867. The van der Waals surface area contributed by atoms with Gasteiger partial charge in [-0.1, -0.05) is 27.2 Å². The average molecular weight is 317 g/mol. The highest BCUT2D eigenvalue weighted by Gasteiger charge is 2.37. The van der Waals surface area contributed by atoms with Gasteiger partial charge in [-0.3, -0.25) is 4.79 Å². The van der Waals surface area contributed by atoms with Crippen LogP contribution in [0.25, 0.3) is 0 Å². The molecule has 0 saturated heterocycles. The van der Waals surface area contributed by atoms with E-state index < -0.39 is 26.1 Å². The van der Waals surface area contributed by atoms with Gasteiger partial charge in [0.25, 0.3) is 0 Å². The first-order valence-corrected chi connectivity index (χ1v) is 10.5. The molecule has 4 nitrogen and oxygen atoms in total. The molecule has 0 radical (unpaired) electrons. The van der Waals surface area contributed by atoms with Gasteiger partial charge in [-0.15, -0.1) is 0 Å². The molecule has 0 aliphatic heterocycles. The van der Waals surface area contributed by atoms with E-state index in [1.165, 1.54) is 7.11 Å². The van der Waals surface area contributed by atoms with Crippen molar-refractivity contribution in [3.63, 3.8) is 0 Å². The lowest BCUT2D eigenvalue weighted by Crippen LogP contribution is -2.45. The molecule has 3 unspecified atom stereocenters. The van der Waals surface area contributed by atoms with E-state index in [2.05, 4.69) is 6.07 Å². The van der Waals surface area contributed by atoms with Gasteiger partial charge in [-0.2, -0.15) is 5.26 Å². The predicted molar refractivity (Wildman–Crippen MR) is 82.7 cm³/mol. The maximum atomic E-state index is 14.1. The van der Waals surface area contributed by atoms with Gasteiger partial charge >= 0.3 is 5.97 Å². The molecule has 21 heavy (non-hydrogen) atoms. The first-order chi connectivity index (χ1) is 9.69. The fourth-order valence-corrected chi connectivity index (χ4v) is 4.21. The smallest absolute Gasteiger partial charge is 0.309 e. The zero-order valence-corrected chi connectivity index (χ0v) is 15.0. The van der Waals surface area contributed by atoms with Crippen molar-refractivity contribution in [1.82, 2.24) is 0 Å². The number of hydrogen-bond donors (Lipinski definition) is 0. The molecular formula is C15H28FNO3Si. The maximum Gasteiger partial charge on any atom is 0.309 e. The lowest BCUT2D eigenvalue weighted by atomic mass is 9.90. The second-order valence-corrected chi connectivity index (χ2v) is 10.3. The maximum absolute atomic E-state index is 14.1. The zero-order valence-electron chi connectivity index (χ0n) is 14.0. The molecule has 0 aromatic rings. The topological polar surface area (TPSA) is 59.3 Å². The lowest BCUT2D eigenvalue weighted by Gasteiger charge is -2.30. The van der Waals surface area contributed by atoms with Crippen LogP contribution >= 0.6 is 0 Å². The third kappa shape index (κ3) is 6.57. The van der Waals surface area contributed by atoms with E-state index in [1.807, 2.05) is 20.8 Å². The summed E-state index contributed by atoms with van der Waals surface area (Å²) in [7, 11) is -1.27. The quantitative estimate of drug-likeness (QED) is 0.481. The number of ether oxygens (including phenoxy) is 1. The summed E-state index contributed by atoms with van der Waals surface area (Å²) in [5.74, 6) is -1.72. The summed E-state index contributed by atoms with van der Waals surface area (Å²) in [6, 6.07) is 2.06. The standard InChI is InChI=1S/C15H28FNO3Si/c1-7-8-14(16)21(5,6)20-12(10-17)9-13(11(2)3)15(18)19-4/h11-14H,7-9H2,1-6H3. The Hall–Kier alpha value is -0.933. The number of nitriles is 1. The highest BCUT2D eigenvalue weighted by molar-refractivity contribution is 6.72. The van der Waals surface area contributed by atoms with E-state index in [-0.39, 0.29) is 18.3 Å². The number of alkyl halides is 1. The van der Waals surface area contributed by atoms with Crippen molar-refractivity contribution in [2.45, 2.75) is 65.0 Å². The van der Waals surface area contributed by atoms with Crippen LogP contribution in [0.4, 0.5) is 4.39 Å². The normalized spacial score (nSPS) is 16.1. The molecule has 0 spiro atoms. The molecule has 0 N–H and O–H groups in total. The van der Waals surface area contributed by atoms with Gasteiger partial charge in [-0.05, 0) is 31.9 Å². The van der Waals surface area contributed by atoms with Gasteiger partial charge in [0, 0.05) is 0 Å². The second-order valence-electron chi connectivity index (χ2n) is 6.20. The van der Waals surface area contributed by atoms with Gasteiger partial charge < -0.3 is 9.16 Å². The van der Waals surface area contributed by atoms with Crippen molar-refractivity contribution in [1.29, 1.82) is 5.26 Å². The second kappa shape index (κ2) is 9.16. The van der Waals surface area contributed by atoms with Crippen molar-refractivity contribution in [2.75, 3.05) is 7.11 Å². The molecule has 3 atom stereocenters. The summed E-state index contributed by atoms with van der Waals surface area (Å²) in [5.41, 5.74) is 0.